The predicted octanol–water partition coefficient (Wildman–Crippen LogP) is 4.75. The van der Waals surface area contributed by atoms with E-state index >= 15 is 0 Å². The van der Waals surface area contributed by atoms with E-state index in [1.807, 2.05) is 0 Å². The van der Waals surface area contributed by atoms with Crippen molar-refractivity contribution in [2.45, 2.75) is 19.5 Å². The summed E-state index contributed by atoms with van der Waals surface area (Å²) in [6, 6.07) is 12.2. The molecular weight excluding hydrogens is 350 g/mol. The Bertz CT molecular complexity index is 918. The summed E-state index contributed by atoms with van der Waals surface area (Å²) in [7, 11) is 0. The van der Waals surface area contributed by atoms with E-state index in [2.05, 4.69) is 19.7 Å². The van der Waals surface area contributed by atoms with Gasteiger partial charge in [-0.15, -0.1) is 0 Å². The molecule has 2 heterocycles. The molecular formula is C18H13F4N3O. The Morgan fingerprint density at radius 2 is 1.65 bits per heavy atom. The molecule has 0 bridgehead atoms. The minimum absolute atomic E-state index is 0.155. The maximum atomic E-state index is 13.3. The van der Waals surface area contributed by atoms with Gasteiger partial charge in [0.2, 0.25) is 0 Å². The molecule has 134 valence electrons. The fourth-order valence-corrected chi connectivity index (χ4v) is 2.24. The molecule has 0 aliphatic heterocycles. The summed E-state index contributed by atoms with van der Waals surface area (Å²) in [4.78, 5) is 12.7. The Kier molecular flexibility index (Phi) is 4.83. The number of benzene rings is 1. The first-order chi connectivity index (χ1) is 12.4. The number of aryl methyl sites for hydroxylation is 1. The highest BCUT2D eigenvalue weighted by Crippen LogP contribution is 2.35. The summed E-state index contributed by atoms with van der Waals surface area (Å²) < 4.78 is 55.8. The molecule has 0 aliphatic rings. The zero-order valence-corrected chi connectivity index (χ0v) is 13.5. The SMILES string of the molecule is Cc1ccnc(-c2cccc(-c3ccccc3OC(F)(F)C(F)F)n2)n1. The number of halogens is 4. The van der Waals surface area contributed by atoms with Gasteiger partial charge in [0.05, 0.1) is 5.69 Å². The zero-order valence-electron chi connectivity index (χ0n) is 13.5. The Labute approximate surface area is 146 Å². The van der Waals surface area contributed by atoms with E-state index in [0.717, 1.165) is 5.69 Å². The second kappa shape index (κ2) is 7.07. The number of nitrogens with zero attached hydrogens (tertiary/aromatic N) is 3. The maximum Gasteiger partial charge on any atom is 0.461 e. The van der Waals surface area contributed by atoms with Crippen LogP contribution in [0.3, 0.4) is 0 Å². The molecule has 0 saturated heterocycles. The van der Waals surface area contributed by atoms with E-state index in [1.54, 1.807) is 43.5 Å². The molecule has 0 amide bonds. The number of hydrogen-bond donors (Lipinski definition) is 0. The third-order valence-corrected chi connectivity index (χ3v) is 3.44. The van der Waals surface area contributed by atoms with Crippen LogP contribution < -0.4 is 4.74 Å². The van der Waals surface area contributed by atoms with Crippen molar-refractivity contribution in [1.82, 2.24) is 15.0 Å². The van der Waals surface area contributed by atoms with E-state index in [0.29, 0.717) is 11.5 Å². The fourth-order valence-electron chi connectivity index (χ4n) is 2.24. The number of para-hydroxylation sites is 1. The lowest BCUT2D eigenvalue weighted by molar-refractivity contribution is -0.253. The summed E-state index contributed by atoms with van der Waals surface area (Å²) in [5.74, 6) is -0.0317. The van der Waals surface area contributed by atoms with Crippen LogP contribution in [0.4, 0.5) is 17.6 Å². The van der Waals surface area contributed by atoms with E-state index in [1.165, 1.54) is 18.2 Å². The predicted molar refractivity (Wildman–Crippen MR) is 87.0 cm³/mol. The average molecular weight is 363 g/mol. The Morgan fingerprint density at radius 1 is 0.923 bits per heavy atom. The highest BCUT2D eigenvalue weighted by atomic mass is 19.3. The lowest BCUT2D eigenvalue weighted by Gasteiger charge is -2.19. The summed E-state index contributed by atoms with van der Waals surface area (Å²) in [5.41, 5.74) is 1.58. The summed E-state index contributed by atoms with van der Waals surface area (Å²) >= 11 is 0. The van der Waals surface area contributed by atoms with Crippen molar-refractivity contribution >= 4 is 0 Å². The van der Waals surface area contributed by atoms with Crippen LogP contribution in [0.2, 0.25) is 0 Å². The normalized spacial score (nSPS) is 11.6. The van der Waals surface area contributed by atoms with Crippen molar-refractivity contribution in [2.75, 3.05) is 0 Å². The van der Waals surface area contributed by atoms with Crippen molar-refractivity contribution in [2.24, 2.45) is 0 Å². The molecule has 0 aliphatic carbocycles. The van der Waals surface area contributed by atoms with Gasteiger partial charge in [-0.2, -0.15) is 17.6 Å². The lowest BCUT2D eigenvalue weighted by Crippen LogP contribution is -2.33. The van der Waals surface area contributed by atoms with Gasteiger partial charge in [0, 0.05) is 17.5 Å². The van der Waals surface area contributed by atoms with Crippen LogP contribution >= 0.6 is 0 Å². The number of pyridine rings is 1. The van der Waals surface area contributed by atoms with Gasteiger partial charge in [-0.25, -0.2) is 15.0 Å². The molecule has 0 radical (unpaired) electrons. The monoisotopic (exact) mass is 363 g/mol. The first-order valence-electron chi connectivity index (χ1n) is 7.58. The molecule has 3 aromatic rings. The summed E-state index contributed by atoms with van der Waals surface area (Å²) in [5, 5.41) is 0. The number of rotatable bonds is 5. The number of aromatic nitrogens is 3. The Hall–Kier alpha value is -3.03. The minimum Gasteiger partial charge on any atom is -0.428 e. The molecule has 26 heavy (non-hydrogen) atoms. The van der Waals surface area contributed by atoms with Crippen LogP contribution in [-0.2, 0) is 0 Å². The Morgan fingerprint density at radius 3 is 2.38 bits per heavy atom. The van der Waals surface area contributed by atoms with E-state index in [9.17, 15) is 17.6 Å². The van der Waals surface area contributed by atoms with E-state index in [-0.39, 0.29) is 11.3 Å². The molecule has 0 fully saturated rings. The summed E-state index contributed by atoms with van der Waals surface area (Å²) in [6.45, 7) is 1.80. The zero-order chi connectivity index (χ0) is 18.7. The molecule has 0 atom stereocenters. The van der Waals surface area contributed by atoms with Gasteiger partial charge >= 0.3 is 12.5 Å². The van der Waals surface area contributed by atoms with Crippen LogP contribution in [0.5, 0.6) is 5.75 Å². The molecule has 3 rings (SSSR count). The average Bonchev–Trinajstić information content (AvgIpc) is 2.62. The van der Waals surface area contributed by atoms with E-state index in [4.69, 9.17) is 0 Å². The highest BCUT2D eigenvalue weighted by Gasteiger charge is 2.44. The van der Waals surface area contributed by atoms with Gasteiger partial charge in [0.1, 0.15) is 11.4 Å². The quantitative estimate of drug-likeness (QED) is 0.614. The minimum atomic E-state index is -4.60. The first-order valence-corrected chi connectivity index (χ1v) is 7.58. The second-order valence-electron chi connectivity index (χ2n) is 5.39. The fraction of sp³-hybridized carbons (Fsp3) is 0.167. The van der Waals surface area contributed by atoms with Gasteiger partial charge in [0.15, 0.2) is 5.82 Å². The standard InChI is InChI=1S/C18H13F4N3O/c1-11-9-10-23-16(24-11)14-7-4-6-13(25-14)12-5-2-3-8-15(12)26-18(21,22)17(19)20/h2-10,17H,1H3. The van der Waals surface area contributed by atoms with Crippen molar-refractivity contribution in [3.8, 4) is 28.5 Å². The van der Waals surface area contributed by atoms with Crippen LogP contribution in [0.1, 0.15) is 5.69 Å². The summed E-state index contributed by atoms with van der Waals surface area (Å²) in [6.07, 6.45) is -6.98. The maximum absolute atomic E-state index is 13.3. The third kappa shape index (κ3) is 3.79. The lowest BCUT2D eigenvalue weighted by atomic mass is 10.1. The number of ether oxygens (including phenoxy) is 1. The van der Waals surface area contributed by atoms with E-state index < -0.39 is 18.3 Å². The van der Waals surface area contributed by atoms with Crippen LogP contribution in [-0.4, -0.2) is 27.5 Å². The smallest absolute Gasteiger partial charge is 0.428 e. The van der Waals surface area contributed by atoms with Gasteiger partial charge in [-0.1, -0.05) is 18.2 Å². The second-order valence-corrected chi connectivity index (χ2v) is 5.39. The molecule has 2 aromatic heterocycles. The number of hydrogen-bond acceptors (Lipinski definition) is 4. The van der Waals surface area contributed by atoms with Gasteiger partial charge in [-0.05, 0) is 37.3 Å². The number of alkyl halides is 4. The first kappa shape index (κ1) is 17.8. The van der Waals surface area contributed by atoms with Crippen molar-refractivity contribution in [3.05, 3.63) is 60.4 Å². The molecule has 4 nitrogen and oxygen atoms in total. The largest absolute Gasteiger partial charge is 0.461 e. The molecule has 1 aromatic carbocycles. The van der Waals surface area contributed by atoms with Crippen molar-refractivity contribution in [3.63, 3.8) is 0 Å². The third-order valence-electron chi connectivity index (χ3n) is 3.44. The van der Waals surface area contributed by atoms with Crippen LogP contribution in [0.15, 0.2) is 54.7 Å². The van der Waals surface area contributed by atoms with Crippen molar-refractivity contribution < 1.29 is 22.3 Å². The topological polar surface area (TPSA) is 47.9 Å². The molecule has 0 unspecified atom stereocenters. The molecule has 0 saturated carbocycles. The van der Waals surface area contributed by atoms with Crippen LogP contribution in [0, 0.1) is 6.92 Å². The van der Waals surface area contributed by atoms with Crippen LogP contribution in [0.25, 0.3) is 22.8 Å². The van der Waals surface area contributed by atoms with Gasteiger partial charge in [0.25, 0.3) is 0 Å². The molecule has 0 spiro atoms. The van der Waals surface area contributed by atoms with Crippen molar-refractivity contribution in [1.29, 1.82) is 0 Å². The van der Waals surface area contributed by atoms with Gasteiger partial charge in [-0.3, -0.25) is 0 Å². The Balaban J connectivity index is 2.02. The molecule has 0 N–H and O–H groups in total. The van der Waals surface area contributed by atoms with Gasteiger partial charge < -0.3 is 4.74 Å². The molecule has 8 heteroatoms. The highest BCUT2D eigenvalue weighted by molar-refractivity contribution is 5.69.